The molecule has 2 N–H and O–H groups in total. The number of imide groups is 1. The molecular formula is C26H23N5O3S. The molecule has 1 saturated heterocycles. The summed E-state index contributed by atoms with van der Waals surface area (Å²) >= 11 is 1.57. The summed E-state index contributed by atoms with van der Waals surface area (Å²) in [6.07, 6.45) is 0. The van der Waals surface area contributed by atoms with Crippen LogP contribution in [0.4, 0.5) is 4.79 Å². The third kappa shape index (κ3) is 4.27. The maximum Gasteiger partial charge on any atom is 0.344 e. The van der Waals surface area contributed by atoms with Crippen LogP contribution in [0.2, 0.25) is 0 Å². The predicted molar refractivity (Wildman–Crippen MR) is 133 cm³/mol. The zero-order chi connectivity index (χ0) is 24.4. The number of benzene rings is 3. The molecule has 4 amide bonds. The van der Waals surface area contributed by atoms with Gasteiger partial charge >= 0.3 is 6.03 Å². The fourth-order valence-corrected chi connectivity index (χ4v) is 5.29. The minimum Gasteiger partial charge on any atom is -0.314 e. The Kier molecular flexibility index (Phi) is 6.02. The molecule has 0 aliphatic carbocycles. The molecule has 1 aliphatic rings. The minimum absolute atomic E-state index is 0.0172. The molecular weight excluding hydrogens is 462 g/mol. The summed E-state index contributed by atoms with van der Waals surface area (Å²) in [4.78, 5) is 45.8. The van der Waals surface area contributed by atoms with Crippen molar-refractivity contribution in [3.05, 3.63) is 101 Å². The van der Waals surface area contributed by atoms with Crippen LogP contribution in [0.15, 0.2) is 84.9 Å². The Labute approximate surface area is 206 Å². The molecule has 4 aromatic rings. The highest BCUT2D eigenvalue weighted by Crippen LogP contribution is 2.35. The number of hydrogen-bond acceptors (Lipinski definition) is 6. The van der Waals surface area contributed by atoms with Crippen LogP contribution in [0.1, 0.15) is 16.1 Å². The van der Waals surface area contributed by atoms with Crippen molar-refractivity contribution in [2.24, 2.45) is 0 Å². The van der Waals surface area contributed by atoms with Crippen LogP contribution in [0.5, 0.6) is 0 Å². The summed E-state index contributed by atoms with van der Waals surface area (Å²) in [6, 6.07) is 25.2. The third-order valence-electron chi connectivity index (χ3n) is 5.83. The van der Waals surface area contributed by atoms with Gasteiger partial charge in [-0.1, -0.05) is 72.8 Å². The first-order valence-corrected chi connectivity index (χ1v) is 11.9. The van der Waals surface area contributed by atoms with E-state index in [1.165, 1.54) is 0 Å². The standard InChI is InChI=1S/C26H23N5O3S/c1-30(17-23-27-20-14-8-9-15-21(20)35-23)16-22(32)29-31-24(33)26(28-25(31)34,18-10-4-2-5-11-18)19-12-6-3-7-13-19/h2-15H,16-17H2,1H3,(H,28,34)(H,29,32). The predicted octanol–water partition coefficient (Wildman–Crippen LogP) is 3.25. The number of thiazole rings is 1. The van der Waals surface area contributed by atoms with Gasteiger partial charge in [-0.2, -0.15) is 5.01 Å². The highest BCUT2D eigenvalue weighted by molar-refractivity contribution is 7.18. The average Bonchev–Trinajstić information content (AvgIpc) is 3.38. The highest BCUT2D eigenvalue weighted by Gasteiger charge is 2.54. The van der Waals surface area contributed by atoms with Gasteiger partial charge in [0.25, 0.3) is 11.8 Å². The van der Waals surface area contributed by atoms with Gasteiger partial charge in [0.2, 0.25) is 0 Å². The number of likely N-dealkylation sites (N-methyl/N-ethyl adjacent to an activating group) is 1. The fourth-order valence-electron chi connectivity index (χ4n) is 4.25. The lowest BCUT2D eigenvalue weighted by Crippen LogP contribution is -2.51. The van der Waals surface area contributed by atoms with E-state index in [9.17, 15) is 14.4 Å². The molecule has 0 spiro atoms. The number of hydrogen-bond donors (Lipinski definition) is 2. The molecule has 1 aliphatic heterocycles. The SMILES string of the molecule is CN(CC(=O)NN1C(=O)NC(c2ccccc2)(c2ccccc2)C1=O)Cc1nc2ccccc2s1. The van der Waals surface area contributed by atoms with Crippen molar-refractivity contribution in [2.45, 2.75) is 12.1 Å². The normalized spacial score (nSPS) is 15.0. The van der Waals surface area contributed by atoms with Crippen LogP contribution < -0.4 is 10.7 Å². The zero-order valence-electron chi connectivity index (χ0n) is 19.0. The van der Waals surface area contributed by atoms with E-state index in [0.717, 1.165) is 20.2 Å². The van der Waals surface area contributed by atoms with Crippen molar-refractivity contribution in [3.8, 4) is 0 Å². The summed E-state index contributed by atoms with van der Waals surface area (Å²) in [5.41, 5.74) is 3.19. The lowest BCUT2D eigenvalue weighted by atomic mass is 9.83. The van der Waals surface area contributed by atoms with Crippen molar-refractivity contribution in [2.75, 3.05) is 13.6 Å². The van der Waals surface area contributed by atoms with Gasteiger partial charge in [-0.3, -0.25) is 19.9 Å². The molecule has 0 atom stereocenters. The summed E-state index contributed by atoms with van der Waals surface area (Å²) in [5, 5.41) is 4.46. The molecule has 0 unspecified atom stereocenters. The quantitative estimate of drug-likeness (QED) is 0.392. The van der Waals surface area contributed by atoms with Crippen LogP contribution in [-0.4, -0.2) is 46.3 Å². The minimum atomic E-state index is -1.43. The maximum absolute atomic E-state index is 13.7. The van der Waals surface area contributed by atoms with Crippen molar-refractivity contribution >= 4 is 39.4 Å². The molecule has 0 saturated carbocycles. The van der Waals surface area contributed by atoms with E-state index in [2.05, 4.69) is 15.7 Å². The van der Waals surface area contributed by atoms with Gasteiger partial charge in [0.05, 0.1) is 23.3 Å². The first kappa shape index (κ1) is 22.7. The number of nitrogens with one attached hydrogen (secondary N) is 2. The summed E-state index contributed by atoms with van der Waals surface area (Å²) in [7, 11) is 1.79. The molecule has 2 heterocycles. The summed E-state index contributed by atoms with van der Waals surface area (Å²) in [6.45, 7) is 0.446. The highest BCUT2D eigenvalue weighted by atomic mass is 32.1. The van der Waals surface area contributed by atoms with Gasteiger partial charge in [0.1, 0.15) is 5.01 Å². The number of urea groups is 1. The van der Waals surface area contributed by atoms with Gasteiger partial charge in [0.15, 0.2) is 5.54 Å². The molecule has 0 bridgehead atoms. The van der Waals surface area contributed by atoms with E-state index in [-0.39, 0.29) is 6.54 Å². The Hall–Kier alpha value is -4.08. The van der Waals surface area contributed by atoms with E-state index < -0.39 is 23.4 Å². The second-order valence-corrected chi connectivity index (χ2v) is 9.45. The van der Waals surface area contributed by atoms with Crippen LogP contribution >= 0.6 is 11.3 Å². The molecule has 5 rings (SSSR count). The number of fused-ring (bicyclic) bond motifs is 1. The van der Waals surface area contributed by atoms with Crippen LogP contribution in [0.25, 0.3) is 10.2 Å². The Balaban J connectivity index is 1.32. The van der Waals surface area contributed by atoms with Gasteiger partial charge in [-0.25, -0.2) is 9.78 Å². The second kappa shape index (κ2) is 9.28. The molecule has 0 radical (unpaired) electrons. The maximum atomic E-state index is 13.7. The number of rotatable bonds is 7. The molecule has 8 nitrogen and oxygen atoms in total. The molecule has 3 aromatic carbocycles. The number of hydrazine groups is 1. The van der Waals surface area contributed by atoms with Gasteiger partial charge in [0, 0.05) is 0 Å². The van der Waals surface area contributed by atoms with E-state index in [1.54, 1.807) is 71.8 Å². The number of carbonyl (C=O) groups is 3. The Morgan fingerprint density at radius 2 is 1.57 bits per heavy atom. The Morgan fingerprint density at radius 1 is 0.971 bits per heavy atom. The number of aromatic nitrogens is 1. The third-order valence-corrected chi connectivity index (χ3v) is 6.85. The molecule has 176 valence electrons. The number of amides is 4. The van der Waals surface area contributed by atoms with Crippen molar-refractivity contribution in [3.63, 3.8) is 0 Å². The average molecular weight is 486 g/mol. The number of para-hydroxylation sites is 1. The topological polar surface area (TPSA) is 94.6 Å². The molecule has 9 heteroatoms. The first-order valence-electron chi connectivity index (χ1n) is 11.1. The Bertz CT molecular complexity index is 1320. The van der Waals surface area contributed by atoms with Gasteiger partial charge in [-0.05, 0) is 30.3 Å². The zero-order valence-corrected chi connectivity index (χ0v) is 19.8. The van der Waals surface area contributed by atoms with E-state index in [4.69, 9.17) is 0 Å². The summed E-state index contributed by atoms with van der Waals surface area (Å²) in [5.74, 6) is -1.05. The van der Waals surface area contributed by atoms with Crippen molar-refractivity contribution in [1.29, 1.82) is 0 Å². The number of nitrogens with zero attached hydrogens (tertiary/aromatic N) is 3. The lowest BCUT2D eigenvalue weighted by Gasteiger charge is -2.27. The molecule has 1 aromatic heterocycles. The van der Waals surface area contributed by atoms with E-state index >= 15 is 0 Å². The fraction of sp³-hybridized carbons (Fsp3) is 0.154. The number of carbonyl (C=O) groups excluding carboxylic acids is 3. The summed E-state index contributed by atoms with van der Waals surface area (Å²) < 4.78 is 1.08. The molecule has 1 fully saturated rings. The molecule has 35 heavy (non-hydrogen) atoms. The van der Waals surface area contributed by atoms with E-state index in [1.807, 2.05) is 36.4 Å². The lowest BCUT2D eigenvalue weighted by molar-refractivity contribution is -0.138. The first-order chi connectivity index (χ1) is 17.0. The van der Waals surface area contributed by atoms with Gasteiger partial charge in [-0.15, -0.1) is 11.3 Å². The largest absolute Gasteiger partial charge is 0.344 e. The van der Waals surface area contributed by atoms with Gasteiger partial charge < -0.3 is 5.32 Å². The van der Waals surface area contributed by atoms with Crippen molar-refractivity contribution < 1.29 is 14.4 Å². The van der Waals surface area contributed by atoms with E-state index in [0.29, 0.717) is 17.7 Å². The van der Waals surface area contributed by atoms with Crippen LogP contribution in [0, 0.1) is 0 Å². The smallest absolute Gasteiger partial charge is 0.314 e. The van der Waals surface area contributed by atoms with Crippen molar-refractivity contribution in [1.82, 2.24) is 25.6 Å². The van der Waals surface area contributed by atoms with Crippen LogP contribution in [-0.2, 0) is 21.7 Å². The second-order valence-electron chi connectivity index (χ2n) is 8.34. The Morgan fingerprint density at radius 3 is 2.20 bits per heavy atom. The van der Waals surface area contributed by atoms with Crippen LogP contribution in [0.3, 0.4) is 0 Å². The monoisotopic (exact) mass is 485 g/mol.